The molecule has 0 aliphatic heterocycles. The maximum atomic E-state index is 10.6. The highest BCUT2D eigenvalue weighted by molar-refractivity contribution is 6.29. The second-order valence-corrected chi connectivity index (χ2v) is 2.44. The molecule has 0 bridgehead atoms. The van der Waals surface area contributed by atoms with Gasteiger partial charge in [-0.05, 0) is 6.07 Å². The van der Waals surface area contributed by atoms with Gasteiger partial charge in [0.1, 0.15) is 0 Å². The molecule has 0 aromatic carbocycles. The summed E-state index contributed by atoms with van der Waals surface area (Å²) in [5.74, 6) is 4.59. The van der Waals surface area contributed by atoms with Crippen LogP contribution in [0.3, 0.4) is 0 Å². The molecule has 7 heteroatoms. The summed E-state index contributed by atoms with van der Waals surface area (Å²) in [6.45, 7) is -0.202. The lowest BCUT2D eigenvalue weighted by Crippen LogP contribution is -2.34. The summed E-state index contributed by atoms with van der Waals surface area (Å²) in [7, 11) is 0. The van der Waals surface area contributed by atoms with Gasteiger partial charge < -0.3 is 4.74 Å². The van der Waals surface area contributed by atoms with Crippen molar-refractivity contribution in [1.29, 1.82) is 0 Å². The van der Waals surface area contributed by atoms with Gasteiger partial charge in [-0.1, -0.05) is 11.6 Å². The van der Waals surface area contributed by atoms with Crippen LogP contribution in [0.15, 0.2) is 12.1 Å². The van der Waals surface area contributed by atoms with Gasteiger partial charge in [0.2, 0.25) is 5.88 Å². The number of aromatic nitrogens is 2. The number of halogens is 1. The van der Waals surface area contributed by atoms with E-state index in [4.69, 9.17) is 22.2 Å². The molecule has 0 atom stereocenters. The van der Waals surface area contributed by atoms with E-state index >= 15 is 0 Å². The van der Waals surface area contributed by atoms with Crippen molar-refractivity contribution in [2.75, 3.05) is 6.61 Å². The number of amides is 1. The molecule has 0 fully saturated rings. The molecule has 1 rings (SSSR count). The van der Waals surface area contributed by atoms with Gasteiger partial charge in [-0.2, -0.15) is 0 Å². The molecule has 6 nitrogen and oxygen atoms in total. The second-order valence-electron chi connectivity index (χ2n) is 2.05. The first kappa shape index (κ1) is 9.69. The molecule has 0 spiro atoms. The third-order valence-electron chi connectivity index (χ3n) is 1.12. The van der Waals surface area contributed by atoms with E-state index in [1.54, 1.807) is 0 Å². The van der Waals surface area contributed by atoms with E-state index in [1.165, 1.54) is 12.1 Å². The zero-order valence-electron chi connectivity index (χ0n) is 6.53. The molecule has 0 aliphatic carbocycles. The van der Waals surface area contributed by atoms with E-state index < -0.39 is 5.91 Å². The summed E-state index contributed by atoms with van der Waals surface area (Å²) in [5.41, 5.74) is 1.91. The first-order valence-corrected chi connectivity index (χ1v) is 3.71. The van der Waals surface area contributed by atoms with Crippen molar-refractivity contribution in [1.82, 2.24) is 15.6 Å². The molecule has 1 heterocycles. The van der Waals surface area contributed by atoms with E-state index in [1.807, 2.05) is 5.43 Å². The number of carbonyl (C=O) groups is 1. The maximum Gasteiger partial charge on any atom is 0.271 e. The van der Waals surface area contributed by atoms with Crippen molar-refractivity contribution in [3.05, 3.63) is 17.3 Å². The second kappa shape index (κ2) is 4.58. The largest absolute Gasteiger partial charge is 0.466 e. The highest BCUT2D eigenvalue weighted by Crippen LogP contribution is 2.07. The molecule has 13 heavy (non-hydrogen) atoms. The Balaban J connectivity index is 2.46. The fourth-order valence-electron chi connectivity index (χ4n) is 0.562. The molecule has 70 valence electrons. The molecule has 0 radical (unpaired) electrons. The van der Waals surface area contributed by atoms with Crippen LogP contribution in [0.4, 0.5) is 0 Å². The van der Waals surface area contributed by atoms with E-state index in [0.717, 1.165) is 0 Å². The first-order chi connectivity index (χ1) is 6.22. The Bertz CT molecular complexity index is 289. The van der Waals surface area contributed by atoms with Gasteiger partial charge in [-0.3, -0.25) is 10.2 Å². The summed E-state index contributed by atoms with van der Waals surface area (Å²) in [4.78, 5) is 10.6. The molecule has 1 aromatic heterocycles. The summed E-state index contributed by atoms with van der Waals surface area (Å²) in [6, 6.07) is 3.00. The number of hydrogen-bond acceptors (Lipinski definition) is 5. The molecule has 1 aromatic rings. The monoisotopic (exact) mass is 202 g/mol. The van der Waals surface area contributed by atoms with Crippen molar-refractivity contribution in [2.45, 2.75) is 0 Å². The molecular formula is C6H7ClN4O2. The van der Waals surface area contributed by atoms with Crippen LogP contribution in [0.2, 0.25) is 5.15 Å². The molecule has 0 aliphatic rings. The van der Waals surface area contributed by atoms with Gasteiger partial charge in [0.05, 0.1) is 0 Å². The van der Waals surface area contributed by atoms with Gasteiger partial charge in [-0.25, -0.2) is 5.84 Å². The van der Waals surface area contributed by atoms with Crippen LogP contribution in [-0.2, 0) is 4.79 Å². The van der Waals surface area contributed by atoms with Gasteiger partial charge >= 0.3 is 0 Å². The Kier molecular flexibility index (Phi) is 3.41. The summed E-state index contributed by atoms with van der Waals surface area (Å²) in [5, 5.41) is 7.33. The van der Waals surface area contributed by atoms with Crippen LogP contribution >= 0.6 is 11.6 Å². The average molecular weight is 203 g/mol. The van der Waals surface area contributed by atoms with Crippen molar-refractivity contribution < 1.29 is 9.53 Å². The number of hydrazine groups is 1. The van der Waals surface area contributed by atoms with Gasteiger partial charge in [-0.15, -0.1) is 10.2 Å². The van der Waals surface area contributed by atoms with Crippen LogP contribution in [0.5, 0.6) is 5.88 Å². The van der Waals surface area contributed by atoms with Crippen molar-refractivity contribution in [3.8, 4) is 5.88 Å². The summed E-state index contributed by atoms with van der Waals surface area (Å²) >= 11 is 5.47. The van der Waals surface area contributed by atoms with Crippen LogP contribution in [0, 0.1) is 0 Å². The van der Waals surface area contributed by atoms with Crippen molar-refractivity contribution >= 4 is 17.5 Å². The van der Waals surface area contributed by atoms with E-state index in [9.17, 15) is 4.79 Å². The minimum absolute atomic E-state index is 0.202. The summed E-state index contributed by atoms with van der Waals surface area (Å²) in [6.07, 6.45) is 0. The fraction of sp³-hybridized carbons (Fsp3) is 0.167. The van der Waals surface area contributed by atoms with E-state index in [-0.39, 0.29) is 17.6 Å². The quantitative estimate of drug-likeness (QED) is 0.392. The van der Waals surface area contributed by atoms with Crippen LogP contribution in [0.1, 0.15) is 0 Å². The van der Waals surface area contributed by atoms with Gasteiger partial charge in [0.25, 0.3) is 5.91 Å². The molecule has 0 unspecified atom stereocenters. The maximum absolute atomic E-state index is 10.6. The number of carbonyl (C=O) groups excluding carboxylic acids is 1. The zero-order valence-corrected chi connectivity index (χ0v) is 7.28. The molecular weight excluding hydrogens is 196 g/mol. The van der Waals surface area contributed by atoms with E-state index in [2.05, 4.69) is 10.2 Å². The Morgan fingerprint density at radius 2 is 2.38 bits per heavy atom. The minimum Gasteiger partial charge on any atom is -0.466 e. The smallest absolute Gasteiger partial charge is 0.271 e. The Morgan fingerprint density at radius 1 is 1.62 bits per heavy atom. The number of rotatable bonds is 3. The highest BCUT2D eigenvalue weighted by Gasteiger charge is 2.00. The lowest BCUT2D eigenvalue weighted by Gasteiger charge is -2.01. The van der Waals surface area contributed by atoms with Gasteiger partial charge in [0.15, 0.2) is 11.8 Å². The van der Waals surface area contributed by atoms with E-state index in [0.29, 0.717) is 0 Å². The minimum atomic E-state index is -0.447. The zero-order chi connectivity index (χ0) is 9.68. The summed E-state index contributed by atoms with van der Waals surface area (Å²) < 4.78 is 4.89. The number of hydrogen-bond donors (Lipinski definition) is 2. The standard InChI is InChI=1S/C6H7ClN4O2/c7-4-1-2-6(11-10-4)13-3-5(12)9-8/h1-2H,3,8H2,(H,9,12). The molecule has 1 amide bonds. The van der Waals surface area contributed by atoms with Crippen molar-refractivity contribution in [2.24, 2.45) is 5.84 Å². The normalized spacial score (nSPS) is 9.38. The predicted molar refractivity (Wildman–Crippen MR) is 44.9 cm³/mol. The third kappa shape index (κ3) is 3.22. The predicted octanol–water partition coefficient (Wildman–Crippen LogP) is -0.501. The van der Waals surface area contributed by atoms with Crippen LogP contribution in [0.25, 0.3) is 0 Å². The Morgan fingerprint density at radius 3 is 2.92 bits per heavy atom. The Labute approximate surface area is 79.0 Å². The molecule has 0 saturated heterocycles. The molecule has 3 N–H and O–H groups in total. The number of ether oxygens (including phenoxy) is 1. The SMILES string of the molecule is NNC(=O)COc1ccc(Cl)nn1. The number of nitrogens with one attached hydrogen (secondary N) is 1. The van der Waals surface area contributed by atoms with Gasteiger partial charge in [0, 0.05) is 6.07 Å². The number of nitrogens with two attached hydrogens (primary N) is 1. The van der Waals surface area contributed by atoms with Crippen molar-refractivity contribution in [3.63, 3.8) is 0 Å². The average Bonchev–Trinajstić information content (AvgIpc) is 2.16. The lowest BCUT2D eigenvalue weighted by atomic mass is 10.5. The highest BCUT2D eigenvalue weighted by atomic mass is 35.5. The fourth-order valence-corrected chi connectivity index (χ4v) is 0.663. The van der Waals surface area contributed by atoms with Crippen LogP contribution < -0.4 is 16.0 Å². The lowest BCUT2D eigenvalue weighted by molar-refractivity contribution is -0.123. The first-order valence-electron chi connectivity index (χ1n) is 3.34. The Hall–Kier alpha value is -1.40. The van der Waals surface area contributed by atoms with Crippen LogP contribution in [-0.4, -0.2) is 22.7 Å². The molecule has 0 saturated carbocycles. The number of nitrogens with zero attached hydrogens (tertiary/aromatic N) is 2. The third-order valence-corrected chi connectivity index (χ3v) is 1.32. The topological polar surface area (TPSA) is 90.1 Å².